The summed E-state index contributed by atoms with van der Waals surface area (Å²) in [6.45, 7) is 5.13. The molecular formula is C16H17Cl2NO. The summed E-state index contributed by atoms with van der Waals surface area (Å²) in [6, 6.07) is 13.6. The number of ether oxygens (including phenoxy) is 1. The Hall–Kier alpha value is -1.22. The Balaban J connectivity index is 2.21. The average Bonchev–Trinajstić information content (AvgIpc) is 2.44. The molecule has 0 spiro atoms. The molecule has 0 saturated heterocycles. The SMILES string of the molecule is CCNC(C)c1cccc(Oc2cccc(Cl)c2Cl)c1. The molecule has 0 aliphatic heterocycles. The molecule has 0 bridgehead atoms. The van der Waals surface area contributed by atoms with Crippen molar-refractivity contribution in [2.45, 2.75) is 19.9 Å². The molecule has 0 amide bonds. The maximum absolute atomic E-state index is 6.13. The van der Waals surface area contributed by atoms with Gasteiger partial charge in [-0.25, -0.2) is 0 Å². The highest BCUT2D eigenvalue weighted by molar-refractivity contribution is 6.42. The molecule has 1 atom stereocenters. The van der Waals surface area contributed by atoms with E-state index < -0.39 is 0 Å². The minimum atomic E-state index is 0.276. The molecule has 1 N–H and O–H groups in total. The van der Waals surface area contributed by atoms with E-state index in [1.54, 1.807) is 12.1 Å². The van der Waals surface area contributed by atoms with Gasteiger partial charge >= 0.3 is 0 Å². The summed E-state index contributed by atoms with van der Waals surface area (Å²) < 4.78 is 5.81. The fourth-order valence-corrected chi connectivity index (χ4v) is 2.29. The quantitative estimate of drug-likeness (QED) is 0.792. The van der Waals surface area contributed by atoms with Gasteiger partial charge in [-0.15, -0.1) is 0 Å². The molecule has 0 aliphatic rings. The van der Waals surface area contributed by atoms with E-state index in [2.05, 4.69) is 25.2 Å². The first-order chi connectivity index (χ1) is 9.61. The van der Waals surface area contributed by atoms with Crippen molar-refractivity contribution in [2.24, 2.45) is 0 Å². The van der Waals surface area contributed by atoms with E-state index in [1.807, 2.05) is 24.3 Å². The highest BCUT2D eigenvalue weighted by Gasteiger charge is 2.08. The number of hydrogen-bond acceptors (Lipinski definition) is 2. The van der Waals surface area contributed by atoms with Crippen LogP contribution in [0.25, 0.3) is 0 Å². The van der Waals surface area contributed by atoms with Gasteiger partial charge in [0.25, 0.3) is 0 Å². The van der Waals surface area contributed by atoms with E-state index in [-0.39, 0.29) is 6.04 Å². The fourth-order valence-electron chi connectivity index (χ4n) is 1.96. The minimum Gasteiger partial charge on any atom is -0.456 e. The van der Waals surface area contributed by atoms with Crippen LogP contribution in [0.3, 0.4) is 0 Å². The number of rotatable bonds is 5. The minimum absolute atomic E-state index is 0.276. The molecule has 0 fully saturated rings. The molecule has 106 valence electrons. The van der Waals surface area contributed by atoms with Gasteiger partial charge in [0.05, 0.1) is 5.02 Å². The lowest BCUT2D eigenvalue weighted by Gasteiger charge is -2.14. The zero-order chi connectivity index (χ0) is 14.5. The molecule has 0 heterocycles. The van der Waals surface area contributed by atoms with Gasteiger partial charge in [0.15, 0.2) is 0 Å². The van der Waals surface area contributed by atoms with Crippen molar-refractivity contribution in [1.82, 2.24) is 5.32 Å². The van der Waals surface area contributed by atoms with Crippen LogP contribution in [0.5, 0.6) is 11.5 Å². The summed E-state index contributed by atoms with van der Waals surface area (Å²) in [4.78, 5) is 0. The van der Waals surface area contributed by atoms with Gasteiger partial charge in [0.1, 0.15) is 16.5 Å². The Bertz CT molecular complexity index is 586. The Labute approximate surface area is 129 Å². The van der Waals surface area contributed by atoms with Crippen LogP contribution in [-0.2, 0) is 0 Å². The van der Waals surface area contributed by atoms with E-state index >= 15 is 0 Å². The monoisotopic (exact) mass is 309 g/mol. The molecule has 0 saturated carbocycles. The molecule has 2 aromatic rings. The molecule has 2 rings (SSSR count). The van der Waals surface area contributed by atoms with E-state index in [0.29, 0.717) is 15.8 Å². The van der Waals surface area contributed by atoms with E-state index in [0.717, 1.165) is 12.3 Å². The van der Waals surface area contributed by atoms with Crippen molar-refractivity contribution in [1.29, 1.82) is 0 Å². The van der Waals surface area contributed by atoms with Crippen LogP contribution in [0.15, 0.2) is 42.5 Å². The Morgan fingerprint density at radius 2 is 1.90 bits per heavy atom. The van der Waals surface area contributed by atoms with Crippen molar-refractivity contribution < 1.29 is 4.74 Å². The summed E-state index contributed by atoms with van der Waals surface area (Å²) in [6.07, 6.45) is 0. The van der Waals surface area contributed by atoms with Crippen molar-refractivity contribution in [3.63, 3.8) is 0 Å². The molecule has 1 unspecified atom stereocenters. The molecule has 0 aliphatic carbocycles. The molecule has 0 radical (unpaired) electrons. The third-order valence-electron chi connectivity index (χ3n) is 3.01. The highest BCUT2D eigenvalue weighted by atomic mass is 35.5. The highest BCUT2D eigenvalue weighted by Crippen LogP contribution is 2.35. The van der Waals surface area contributed by atoms with Gasteiger partial charge in [0.2, 0.25) is 0 Å². The van der Waals surface area contributed by atoms with Crippen molar-refractivity contribution in [3.8, 4) is 11.5 Å². The Kier molecular flexibility index (Phi) is 5.30. The van der Waals surface area contributed by atoms with Crippen LogP contribution < -0.4 is 10.1 Å². The fraction of sp³-hybridized carbons (Fsp3) is 0.250. The van der Waals surface area contributed by atoms with Crippen LogP contribution in [0, 0.1) is 0 Å². The molecule has 2 nitrogen and oxygen atoms in total. The number of benzene rings is 2. The predicted molar refractivity (Wildman–Crippen MR) is 85.1 cm³/mol. The second-order valence-electron chi connectivity index (χ2n) is 4.51. The first kappa shape index (κ1) is 15.2. The predicted octanol–water partition coefficient (Wildman–Crippen LogP) is 5.46. The number of nitrogens with one attached hydrogen (secondary N) is 1. The van der Waals surface area contributed by atoms with Gasteiger partial charge < -0.3 is 10.1 Å². The Morgan fingerprint density at radius 1 is 1.15 bits per heavy atom. The third kappa shape index (κ3) is 3.66. The average molecular weight is 310 g/mol. The van der Waals surface area contributed by atoms with E-state index in [1.165, 1.54) is 5.56 Å². The molecule has 4 heteroatoms. The zero-order valence-corrected chi connectivity index (χ0v) is 13.0. The van der Waals surface area contributed by atoms with Gasteiger partial charge in [-0.2, -0.15) is 0 Å². The lowest BCUT2D eigenvalue weighted by Crippen LogP contribution is -2.17. The zero-order valence-electron chi connectivity index (χ0n) is 11.5. The summed E-state index contributed by atoms with van der Waals surface area (Å²) in [5.74, 6) is 1.31. The molecular weight excluding hydrogens is 293 g/mol. The lowest BCUT2D eigenvalue weighted by molar-refractivity contribution is 0.480. The summed E-state index contributed by atoms with van der Waals surface area (Å²) in [5.41, 5.74) is 1.17. The summed E-state index contributed by atoms with van der Waals surface area (Å²) >= 11 is 12.1. The second kappa shape index (κ2) is 6.98. The lowest BCUT2D eigenvalue weighted by atomic mass is 10.1. The number of hydrogen-bond donors (Lipinski definition) is 1. The van der Waals surface area contributed by atoms with Crippen molar-refractivity contribution in [2.75, 3.05) is 6.54 Å². The topological polar surface area (TPSA) is 21.3 Å². The first-order valence-electron chi connectivity index (χ1n) is 6.57. The smallest absolute Gasteiger partial charge is 0.147 e. The van der Waals surface area contributed by atoms with E-state index in [9.17, 15) is 0 Å². The van der Waals surface area contributed by atoms with Crippen molar-refractivity contribution >= 4 is 23.2 Å². The maximum atomic E-state index is 6.13. The Morgan fingerprint density at radius 3 is 2.65 bits per heavy atom. The van der Waals surface area contributed by atoms with Crippen LogP contribution in [-0.4, -0.2) is 6.54 Å². The van der Waals surface area contributed by atoms with Gasteiger partial charge in [-0.1, -0.05) is 48.3 Å². The van der Waals surface area contributed by atoms with Gasteiger partial charge in [0, 0.05) is 6.04 Å². The maximum Gasteiger partial charge on any atom is 0.147 e. The molecule has 2 aromatic carbocycles. The molecule has 0 aromatic heterocycles. The van der Waals surface area contributed by atoms with Crippen molar-refractivity contribution in [3.05, 3.63) is 58.1 Å². The number of halogens is 2. The van der Waals surface area contributed by atoms with Crippen LogP contribution in [0.2, 0.25) is 10.0 Å². The van der Waals surface area contributed by atoms with Crippen LogP contribution in [0.1, 0.15) is 25.5 Å². The second-order valence-corrected chi connectivity index (χ2v) is 5.29. The molecule has 20 heavy (non-hydrogen) atoms. The van der Waals surface area contributed by atoms with E-state index in [4.69, 9.17) is 27.9 Å². The third-order valence-corrected chi connectivity index (χ3v) is 3.81. The van der Waals surface area contributed by atoms with Gasteiger partial charge in [-0.05, 0) is 43.3 Å². The largest absolute Gasteiger partial charge is 0.456 e. The summed E-state index contributed by atoms with van der Waals surface area (Å²) in [5, 5.41) is 4.29. The van der Waals surface area contributed by atoms with Crippen LogP contribution in [0.4, 0.5) is 0 Å². The van der Waals surface area contributed by atoms with Gasteiger partial charge in [-0.3, -0.25) is 0 Å². The standard InChI is InChI=1S/C16H17Cl2NO/c1-3-19-11(2)12-6-4-7-13(10-12)20-15-9-5-8-14(17)16(15)18/h4-11,19H,3H2,1-2H3. The van der Waals surface area contributed by atoms with Crippen LogP contribution >= 0.6 is 23.2 Å². The first-order valence-corrected chi connectivity index (χ1v) is 7.32. The summed E-state index contributed by atoms with van der Waals surface area (Å²) in [7, 11) is 0. The normalized spacial score (nSPS) is 12.2.